The largest absolute Gasteiger partial charge is 0.237 e. The predicted octanol–water partition coefficient (Wildman–Crippen LogP) is 7.13. The minimum absolute atomic E-state index is 0.273. The van der Waals surface area contributed by atoms with Crippen LogP contribution in [-0.4, -0.2) is 7.05 Å². The highest BCUT2D eigenvalue weighted by Crippen LogP contribution is 2.59. The van der Waals surface area contributed by atoms with E-state index in [4.69, 9.17) is 34.8 Å². The average Bonchev–Trinajstić information content (AvgIpc) is 2.78. The zero-order valence-corrected chi connectivity index (χ0v) is 19.8. The Morgan fingerprint density at radius 2 is 0.871 bits per heavy atom. The fourth-order valence-corrected chi connectivity index (χ4v) is 8.30. The lowest BCUT2D eigenvalue weighted by Gasteiger charge is -2.36. The first-order valence-electron chi connectivity index (χ1n) is 9.58. The molecule has 0 heterocycles. The normalized spacial score (nSPS) is 11.4. The molecule has 0 saturated heterocycles. The Bertz CT molecular complexity index is 1050. The molecule has 31 heavy (non-hydrogen) atoms. The molecule has 4 rings (SSSR count). The van der Waals surface area contributed by atoms with Gasteiger partial charge in [-0.15, -0.1) is 0 Å². The monoisotopic (exact) mass is 488 g/mol. The molecular weight excluding hydrogens is 471 g/mol. The lowest BCUT2D eigenvalue weighted by molar-refractivity contribution is 0.628. The molecule has 0 amide bonds. The molecule has 6 heteroatoms. The van der Waals surface area contributed by atoms with Gasteiger partial charge < -0.3 is 0 Å². The second-order valence-corrected chi connectivity index (χ2v) is 11.8. The second-order valence-electron chi connectivity index (χ2n) is 7.06. The molecule has 0 fully saturated rings. The van der Waals surface area contributed by atoms with E-state index in [1.807, 2.05) is 43.4 Å². The quantitative estimate of drug-likeness (QED) is 0.270. The second kappa shape index (κ2) is 9.18. The third-order valence-electron chi connectivity index (χ3n) is 5.25. The van der Waals surface area contributed by atoms with Crippen molar-refractivity contribution in [2.24, 2.45) is 0 Å². The molecule has 0 saturated carbocycles. The van der Waals surface area contributed by atoms with Crippen LogP contribution in [0.1, 0.15) is 0 Å². The Hall–Kier alpha value is -2.09. The summed E-state index contributed by atoms with van der Waals surface area (Å²) in [6.45, 7) is 0. The molecule has 0 N–H and O–H groups in total. The topological polar surface area (TPSA) is 3.24 Å². The molecule has 0 aromatic heterocycles. The molecule has 0 aliphatic rings. The first-order chi connectivity index (χ1) is 14.9. The highest BCUT2D eigenvalue weighted by molar-refractivity contribution is 7.96. The van der Waals surface area contributed by atoms with Gasteiger partial charge in [0.1, 0.15) is 21.7 Å². The number of hydrogen-bond acceptors (Lipinski definition) is 1. The van der Waals surface area contributed by atoms with E-state index in [1.54, 1.807) is 12.1 Å². The van der Waals surface area contributed by atoms with Gasteiger partial charge in [-0.1, -0.05) is 34.8 Å². The molecule has 0 radical (unpaired) electrons. The molecule has 0 unspecified atom stereocenters. The van der Waals surface area contributed by atoms with Gasteiger partial charge in [-0.2, -0.15) is 0 Å². The molecule has 4 aromatic carbocycles. The summed E-state index contributed by atoms with van der Waals surface area (Å²) in [4.78, 5) is 0. The molecule has 4 aromatic rings. The van der Waals surface area contributed by atoms with E-state index in [-0.39, 0.29) is 5.82 Å². The van der Waals surface area contributed by atoms with Gasteiger partial charge in [0.2, 0.25) is 7.41 Å². The van der Waals surface area contributed by atoms with Crippen molar-refractivity contribution < 1.29 is 4.39 Å². The Morgan fingerprint density at radius 1 is 0.548 bits per heavy atom. The van der Waals surface area contributed by atoms with Crippen LogP contribution in [0.2, 0.25) is 15.1 Å². The zero-order valence-electron chi connectivity index (χ0n) is 16.6. The standard InChI is InChI=1S/C25H19Cl3FNP/c1-30(22-10-8-21(29)9-11-22)31(23-12-2-18(26)3-13-23,24-14-4-19(27)5-15-24)25-16-6-20(28)7-17-25/h2-17H,1H3/q+1. The molecular formula is C25H19Cl3FNP+. The van der Waals surface area contributed by atoms with Crippen LogP contribution in [0.4, 0.5) is 10.1 Å². The molecule has 0 aliphatic carbocycles. The number of benzene rings is 4. The maximum atomic E-state index is 13.7. The van der Waals surface area contributed by atoms with Crippen LogP contribution in [0.5, 0.6) is 0 Å². The van der Waals surface area contributed by atoms with Crippen molar-refractivity contribution in [2.45, 2.75) is 0 Å². The summed E-state index contributed by atoms with van der Waals surface area (Å²) >= 11 is 18.7. The van der Waals surface area contributed by atoms with Crippen LogP contribution in [0, 0.1) is 5.82 Å². The highest BCUT2D eigenvalue weighted by atomic mass is 35.5. The maximum Gasteiger partial charge on any atom is 0.202 e. The van der Waals surface area contributed by atoms with Crippen molar-refractivity contribution in [1.82, 2.24) is 0 Å². The third kappa shape index (κ3) is 4.31. The van der Waals surface area contributed by atoms with Gasteiger partial charge >= 0.3 is 0 Å². The van der Waals surface area contributed by atoms with Crippen molar-refractivity contribution >= 4 is 63.8 Å². The third-order valence-corrected chi connectivity index (χ3v) is 10.3. The van der Waals surface area contributed by atoms with Crippen LogP contribution in [0.15, 0.2) is 97.1 Å². The van der Waals surface area contributed by atoms with Crippen LogP contribution in [0.3, 0.4) is 0 Å². The van der Waals surface area contributed by atoms with Crippen molar-refractivity contribution in [1.29, 1.82) is 0 Å². The first-order valence-corrected chi connectivity index (χ1v) is 12.5. The van der Waals surface area contributed by atoms with Crippen molar-refractivity contribution in [3.8, 4) is 0 Å². The van der Waals surface area contributed by atoms with Gasteiger partial charge in [-0.25, -0.2) is 9.06 Å². The first kappa shape index (κ1) is 22.1. The number of halogens is 4. The van der Waals surface area contributed by atoms with Gasteiger partial charge in [0, 0.05) is 22.1 Å². The fourth-order valence-electron chi connectivity index (χ4n) is 3.77. The Labute approximate surface area is 197 Å². The van der Waals surface area contributed by atoms with Gasteiger partial charge in [0.05, 0.1) is 5.69 Å². The van der Waals surface area contributed by atoms with Gasteiger partial charge in [0.25, 0.3) is 0 Å². The van der Waals surface area contributed by atoms with Crippen LogP contribution >= 0.6 is 42.2 Å². The summed E-state index contributed by atoms with van der Waals surface area (Å²) < 4.78 is 15.9. The van der Waals surface area contributed by atoms with E-state index in [1.165, 1.54) is 12.1 Å². The summed E-state index contributed by atoms with van der Waals surface area (Å²) in [5.74, 6) is -0.273. The Morgan fingerprint density at radius 3 is 1.19 bits per heavy atom. The van der Waals surface area contributed by atoms with Crippen LogP contribution in [0.25, 0.3) is 0 Å². The zero-order chi connectivity index (χ0) is 22.0. The molecule has 156 valence electrons. The summed E-state index contributed by atoms with van der Waals surface area (Å²) in [7, 11) is -0.365. The minimum atomic E-state index is -2.41. The van der Waals surface area contributed by atoms with E-state index in [9.17, 15) is 4.39 Å². The number of rotatable bonds is 5. The van der Waals surface area contributed by atoms with E-state index in [0.29, 0.717) is 15.1 Å². The Balaban J connectivity index is 2.06. The van der Waals surface area contributed by atoms with E-state index in [0.717, 1.165) is 21.6 Å². The highest BCUT2D eigenvalue weighted by Gasteiger charge is 2.50. The summed E-state index contributed by atoms with van der Waals surface area (Å²) in [6, 6.07) is 30.3. The average molecular weight is 490 g/mol. The number of hydrogen-bond donors (Lipinski definition) is 0. The molecule has 1 nitrogen and oxygen atoms in total. The van der Waals surface area contributed by atoms with Crippen LogP contribution < -0.4 is 20.6 Å². The number of anilines is 1. The maximum absolute atomic E-state index is 13.7. The van der Waals surface area contributed by atoms with Crippen LogP contribution in [-0.2, 0) is 0 Å². The van der Waals surface area contributed by atoms with Gasteiger partial charge in [-0.3, -0.25) is 0 Å². The predicted molar refractivity (Wildman–Crippen MR) is 135 cm³/mol. The molecule has 0 atom stereocenters. The smallest absolute Gasteiger partial charge is 0.202 e. The lowest BCUT2D eigenvalue weighted by atomic mass is 10.3. The summed E-state index contributed by atoms with van der Waals surface area (Å²) in [6.07, 6.45) is 0. The van der Waals surface area contributed by atoms with Crippen molar-refractivity contribution in [2.75, 3.05) is 11.7 Å². The van der Waals surface area contributed by atoms with Crippen molar-refractivity contribution in [3.63, 3.8) is 0 Å². The molecule has 0 aliphatic heterocycles. The summed E-state index contributed by atoms with van der Waals surface area (Å²) in [5, 5.41) is 5.31. The Kier molecular flexibility index (Phi) is 6.55. The van der Waals surface area contributed by atoms with Crippen molar-refractivity contribution in [3.05, 3.63) is 118 Å². The van der Waals surface area contributed by atoms with E-state index >= 15 is 0 Å². The van der Waals surface area contributed by atoms with Gasteiger partial charge in [-0.05, 0) is 97.1 Å². The minimum Gasteiger partial charge on any atom is -0.237 e. The SMILES string of the molecule is CN(c1ccc(F)cc1)[P+](c1ccc(Cl)cc1)(c1ccc(Cl)cc1)c1ccc(Cl)cc1. The number of nitrogens with zero attached hydrogens (tertiary/aromatic N) is 1. The molecule has 0 bridgehead atoms. The summed E-state index contributed by atoms with van der Waals surface area (Å²) in [5.41, 5.74) is 0.898. The van der Waals surface area contributed by atoms with E-state index < -0.39 is 7.41 Å². The lowest BCUT2D eigenvalue weighted by Crippen LogP contribution is -2.41. The van der Waals surface area contributed by atoms with Gasteiger partial charge in [0.15, 0.2) is 0 Å². The van der Waals surface area contributed by atoms with E-state index in [2.05, 4.69) is 41.1 Å². The molecule has 0 spiro atoms. The fraction of sp³-hybridized carbons (Fsp3) is 0.0400.